The van der Waals surface area contributed by atoms with Gasteiger partial charge in [-0.05, 0) is 28.2 Å². The van der Waals surface area contributed by atoms with Crippen LogP contribution in [-0.2, 0) is 21.7 Å². The first-order valence-electron chi connectivity index (χ1n) is 2.00. The molecule has 0 aliphatic rings. The molecule has 0 aromatic carbocycles. The minimum absolute atomic E-state index is 0. The minimum atomic E-state index is 0. The van der Waals surface area contributed by atoms with Crippen molar-refractivity contribution in [2.75, 3.05) is 28.2 Å². The van der Waals surface area contributed by atoms with Gasteiger partial charge in [0.2, 0.25) is 0 Å². The summed E-state index contributed by atoms with van der Waals surface area (Å²) in [7, 11) is 7.50. The van der Waals surface area contributed by atoms with E-state index in [1.54, 1.807) is 0 Å². The summed E-state index contributed by atoms with van der Waals surface area (Å²) in [6.07, 6.45) is 0. The Labute approximate surface area is 60.9 Å². The van der Waals surface area contributed by atoms with E-state index in [2.05, 4.69) is 10.6 Å². The van der Waals surface area contributed by atoms with Crippen LogP contribution >= 0.6 is 0 Å². The van der Waals surface area contributed by atoms with E-state index in [4.69, 9.17) is 0 Å². The SMILES string of the molecule is CNC.CNC.[Ti]. The minimum Gasteiger partial charge on any atom is -0.323 e. The molecule has 0 unspecified atom stereocenters. The van der Waals surface area contributed by atoms with Gasteiger partial charge in [-0.1, -0.05) is 0 Å². The monoisotopic (exact) mass is 138 g/mol. The quantitative estimate of drug-likeness (QED) is 0.448. The van der Waals surface area contributed by atoms with Gasteiger partial charge in [0.25, 0.3) is 0 Å². The summed E-state index contributed by atoms with van der Waals surface area (Å²) in [5, 5.41) is 5.50. The average molecular weight is 138 g/mol. The van der Waals surface area contributed by atoms with Crippen LogP contribution < -0.4 is 10.6 Å². The fourth-order valence-electron chi connectivity index (χ4n) is 0. The van der Waals surface area contributed by atoms with Crippen LogP contribution in [0.15, 0.2) is 0 Å². The molecule has 0 spiro atoms. The van der Waals surface area contributed by atoms with Crippen LogP contribution in [0.5, 0.6) is 0 Å². The van der Waals surface area contributed by atoms with Crippen molar-refractivity contribution >= 4 is 0 Å². The first-order valence-corrected chi connectivity index (χ1v) is 2.00. The van der Waals surface area contributed by atoms with E-state index < -0.39 is 0 Å². The Kier molecular flexibility index (Phi) is 67.8. The molecule has 0 atom stereocenters. The molecular weight excluding hydrogens is 124 g/mol. The molecule has 0 rings (SSSR count). The van der Waals surface area contributed by atoms with Gasteiger partial charge in [0.1, 0.15) is 0 Å². The second-order valence-corrected chi connectivity index (χ2v) is 1.00. The third kappa shape index (κ3) is 354. The van der Waals surface area contributed by atoms with E-state index >= 15 is 0 Å². The largest absolute Gasteiger partial charge is 0.323 e. The molecule has 2 N–H and O–H groups in total. The average Bonchev–Trinajstić information content (AvgIpc) is 1.39. The van der Waals surface area contributed by atoms with Gasteiger partial charge in [-0.15, -0.1) is 0 Å². The van der Waals surface area contributed by atoms with E-state index in [0.29, 0.717) is 0 Å². The zero-order valence-electron chi connectivity index (χ0n) is 5.50. The summed E-state index contributed by atoms with van der Waals surface area (Å²) in [6.45, 7) is 0. The molecule has 7 heavy (non-hydrogen) atoms. The van der Waals surface area contributed by atoms with E-state index in [1.807, 2.05) is 28.2 Å². The van der Waals surface area contributed by atoms with Crippen molar-refractivity contribution < 1.29 is 21.7 Å². The van der Waals surface area contributed by atoms with Crippen LogP contribution in [0.4, 0.5) is 0 Å². The summed E-state index contributed by atoms with van der Waals surface area (Å²) in [5.41, 5.74) is 0. The summed E-state index contributed by atoms with van der Waals surface area (Å²) >= 11 is 0. The summed E-state index contributed by atoms with van der Waals surface area (Å²) < 4.78 is 0. The number of hydrogen-bond donors (Lipinski definition) is 2. The van der Waals surface area contributed by atoms with Crippen molar-refractivity contribution in [1.29, 1.82) is 0 Å². The summed E-state index contributed by atoms with van der Waals surface area (Å²) in [4.78, 5) is 0. The molecule has 0 heterocycles. The molecule has 0 saturated heterocycles. The van der Waals surface area contributed by atoms with Gasteiger partial charge < -0.3 is 10.6 Å². The van der Waals surface area contributed by atoms with Crippen molar-refractivity contribution in [2.24, 2.45) is 0 Å². The van der Waals surface area contributed by atoms with Crippen LogP contribution in [0.2, 0.25) is 0 Å². The van der Waals surface area contributed by atoms with Crippen LogP contribution in [0.25, 0.3) is 0 Å². The Morgan fingerprint density at radius 2 is 0.714 bits per heavy atom. The Morgan fingerprint density at radius 1 is 0.714 bits per heavy atom. The molecule has 44 valence electrons. The molecule has 3 heteroatoms. The Morgan fingerprint density at radius 3 is 0.714 bits per heavy atom. The van der Waals surface area contributed by atoms with E-state index in [-0.39, 0.29) is 21.7 Å². The van der Waals surface area contributed by atoms with Gasteiger partial charge in [-0.25, -0.2) is 0 Å². The van der Waals surface area contributed by atoms with Crippen LogP contribution in [0.1, 0.15) is 0 Å². The predicted molar refractivity (Wildman–Crippen MR) is 30.0 cm³/mol. The molecule has 0 fully saturated rings. The molecule has 0 bridgehead atoms. The van der Waals surface area contributed by atoms with Gasteiger partial charge in [-0.3, -0.25) is 0 Å². The summed E-state index contributed by atoms with van der Waals surface area (Å²) in [5.74, 6) is 0. The maximum absolute atomic E-state index is 2.75. The third-order valence-electron chi connectivity index (χ3n) is 0. The van der Waals surface area contributed by atoms with Gasteiger partial charge in [0.05, 0.1) is 0 Å². The fraction of sp³-hybridized carbons (Fsp3) is 1.00. The van der Waals surface area contributed by atoms with Crippen LogP contribution in [-0.4, -0.2) is 28.2 Å². The Balaban J connectivity index is -0.0000000400. The zero-order valence-corrected chi connectivity index (χ0v) is 7.06. The van der Waals surface area contributed by atoms with Crippen molar-refractivity contribution in [3.8, 4) is 0 Å². The second-order valence-electron chi connectivity index (χ2n) is 1.00. The van der Waals surface area contributed by atoms with E-state index in [0.717, 1.165) is 0 Å². The molecule has 0 amide bonds. The predicted octanol–water partition coefficient (Wildman–Crippen LogP) is -0.331. The Hall–Kier alpha value is 0.634. The summed E-state index contributed by atoms with van der Waals surface area (Å²) in [6, 6.07) is 0. The molecule has 0 radical (unpaired) electrons. The maximum atomic E-state index is 2.75. The first-order chi connectivity index (χ1) is 2.83. The molecule has 0 aromatic rings. The Bertz CT molecular complexity index is 11.7. The molecule has 0 aromatic heterocycles. The normalized spacial score (nSPS) is 5.14. The van der Waals surface area contributed by atoms with Crippen LogP contribution in [0.3, 0.4) is 0 Å². The van der Waals surface area contributed by atoms with Crippen molar-refractivity contribution in [2.45, 2.75) is 0 Å². The van der Waals surface area contributed by atoms with Crippen molar-refractivity contribution in [1.82, 2.24) is 10.6 Å². The van der Waals surface area contributed by atoms with E-state index in [9.17, 15) is 0 Å². The van der Waals surface area contributed by atoms with Crippen LogP contribution in [0, 0.1) is 0 Å². The number of nitrogens with one attached hydrogen (secondary N) is 2. The van der Waals surface area contributed by atoms with E-state index in [1.165, 1.54) is 0 Å². The second kappa shape index (κ2) is 30.3. The van der Waals surface area contributed by atoms with Crippen molar-refractivity contribution in [3.63, 3.8) is 0 Å². The van der Waals surface area contributed by atoms with Gasteiger partial charge >= 0.3 is 0 Å². The topological polar surface area (TPSA) is 24.1 Å². The van der Waals surface area contributed by atoms with Gasteiger partial charge in [0.15, 0.2) is 0 Å². The maximum Gasteiger partial charge on any atom is 0 e. The molecule has 0 aliphatic carbocycles. The van der Waals surface area contributed by atoms with Gasteiger partial charge in [0, 0.05) is 21.7 Å². The molecule has 2 nitrogen and oxygen atoms in total. The first kappa shape index (κ1) is 15.6. The van der Waals surface area contributed by atoms with Crippen molar-refractivity contribution in [3.05, 3.63) is 0 Å². The smallest absolute Gasteiger partial charge is 0 e. The molecule has 0 saturated carbocycles. The molecular formula is C4H14N2Ti. The number of rotatable bonds is 0. The fourth-order valence-corrected chi connectivity index (χ4v) is 0. The molecule has 0 aliphatic heterocycles. The standard InChI is InChI=1S/2C2H7N.Ti/c2*1-3-2;/h2*3H,1-2H3;. The zero-order chi connectivity index (χ0) is 5.41. The third-order valence-corrected chi connectivity index (χ3v) is 0. The van der Waals surface area contributed by atoms with Gasteiger partial charge in [-0.2, -0.15) is 0 Å². The number of hydrogen-bond acceptors (Lipinski definition) is 2.